The molecule has 1 heterocycles. The van der Waals surface area contributed by atoms with E-state index in [1.165, 1.54) is 6.42 Å². The third-order valence-electron chi connectivity index (χ3n) is 1.17. The van der Waals surface area contributed by atoms with E-state index in [2.05, 4.69) is 37.7 Å². The first-order valence-corrected chi connectivity index (χ1v) is 4.48. The van der Waals surface area contributed by atoms with Gasteiger partial charge in [-0.1, -0.05) is 34.1 Å². The van der Waals surface area contributed by atoms with Crippen LogP contribution in [0.5, 0.6) is 0 Å². The maximum atomic E-state index is 4.12. The molecular formula is C10H18N2. The van der Waals surface area contributed by atoms with Crippen LogP contribution >= 0.6 is 0 Å². The predicted molar refractivity (Wildman–Crippen MR) is 52.1 cm³/mol. The van der Waals surface area contributed by atoms with Crippen LogP contribution in [0.3, 0.4) is 0 Å². The molecule has 2 nitrogen and oxygen atoms in total. The van der Waals surface area contributed by atoms with Crippen LogP contribution in [0.2, 0.25) is 0 Å². The first kappa shape index (κ1) is 11.1. The van der Waals surface area contributed by atoms with Crippen molar-refractivity contribution in [1.82, 2.24) is 9.97 Å². The molecule has 0 unspecified atom stereocenters. The molecule has 1 rings (SSSR count). The summed E-state index contributed by atoms with van der Waals surface area (Å²) >= 11 is 0. The molecule has 0 radical (unpaired) electrons. The van der Waals surface area contributed by atoms with Crippen molar-refractivity contribution in [2.75, 3.05) is 0 Å². The molecular weight excluding hydrogens is 148 g/mol. The quantitative estimate of drug-likeness (QED) is 0.641. The molecule has 68 valence electrons. The van der Waals surface area contributed by atoms with Crippen molar-refractivity contribution < 1.29 is 0 Å². The Hall–Kier alpha value is -0.920. The summed E-state index contributed by atoms with van der Waals surface area (Å²) in [7, 11) is 0. The second kappa shape index (κ2) is 6.77. The van der Waals surface area contributed by atoms with Gasteiger partial charge in [-0.2, -0.15) is 0 Å². The molecule has 2 heteroatoms. The molecule has 0 saturated carbocycles. The molecule has 0 aliphatic carbocycles. The smallest absolute Gasteiger partial charge is 0.0612 e. The highest BCUT2D eigenvalue weighted by Crippen LogP contribution is 2.06. The van der Waals surface area contributed by atoms with Crippen LogP contribution < -0.4 is 0 Å². The van der Waals surface area contributed by atoms with Gasteiger partial charge in [0.2, 0.25) is 0 Å². The van der Waals surface area contributed by atoms with Gasteiger partial charge in [0, 0.05) is 18.6 Å². The van der Waals surface area contributed by atoms with Crippen molar-refractivity contribution in [3.05, 3.63) is 24.3 Å². The van der Waals surface area contributed by atoms with Crippen LogP contribution in [0.1, 0.15) is 45.7 Å². The summed E-state index contributed by atoms with van der Waals surface area (Å²) in [6.07, 6.45) is 6.45. The van der Waals surface area contributed by atoms with Crippen LogP contribution in [0, 0.1) is 0 Å². The van der Waals surface area contributed by atoms with E-state index in [4.69, 9.17) is 0 Å². The topological polar surface area (TPSA) is 25.8 Å². The molecule has 1 aromatic rings. The Kier molecular flexibility index (Phi) is 6.25. The summed E-state index contributed by atoms with van der Waals surface area (Å²) in [5, 5.41) is 0. The standard InChI is InChI=1S/C7H10N2.C3H8/c1-6(2)7-5-8-3-4-9-7;1-3-2/h3-6H,1-2H3;3H2,1-2H3. The normalized spacial score (nSPS) is 9.08. The van der Waals surface area contributed by atoms with Gasteiger partial charge in [0.25, 0.3) is 0 Å². The summed E-state index contributed by atoms with van der Waals surface area (Å²) in [6.45, 7) is 8.45. The monoisotopic (exact) mass is 166 g/mol. The second-order valence-electron chi connectivity index (χ2n) is 2.99. The molecule has 0 aromatic carbocycles. The third-order valence-corrected chi connectivity index (χ3v) is 1.17. The first-order chi connectivity index (χ1) is 5.72. The van der Waals surface area contributed by atoms with Crippen molar-refractivity contribution in [3.63, 3.8) is 0 Å². The highest BCUT2D eigenvalue weighted by Gasteiger charge is 1.96. The van der Waals surface area contributed by atoms with Gasteiger partial charge in [0.1, 0.15) is 0 Å². The zero-order chi connectivity index (χ0) is 9.40. The van der Waals surface area contributed by atoms with Crippen LogP contribution in [-0.2, 0) is 0 Å². The van der Waals surface area contributed by atoms with Crippen LogP contribution in [0.15, 0.2) is 18.6 Å². The Balaban J connectivity index is 0.000000354. The Morgan fingerprint density at radius 2 is 1.83 bits per heavy atom. The average Bonchev–Trinajstić information content (AvgIpc) is 2.07. The number of hydrogen-bond acceptors (Lipinski definition) is 2. The van der Waals surface area contributed by atoms with Crippen molar-refractivity contribution in [3.8, 4) is 0 Å². The molecule has 0 amide bonds. The van der Waals surface area contributed by atoms with Crippen molar-refractivity contribution in [2.24, 2.45) is 0 Å². The molecule has 0 N–H and O–H groups in total. The summed E-state index contributed by atoms with van der Waals surface area (Å²) in [5.74, 6) is 0.485. The minimum Gasteiger partial charge on any atom is -0.261 e. The molecule has 0 spiro atoms. The first-order valence-electron chi connectivity index (χ1n) is 4.48. The van der Waals surface area contributed by atoms with Gasteiger partial charge in [0.15, 0.2) is 0 Å². The molecule has 1 aromatic heterocycles. The fourth-order valence-corrected chi connectivity index (χ4v) is 0.609. The number of rotatable bonds is 1. The highest BCUT2D eigenvalue weighted by molar-refractivity contribution is 4.99. The van der Waals surface area contributed by atoms with Crippen LogP contribution in [0.4, 0.5) is 0 Å². The van der Waals surface area contributed by atoms with E-state index >= 15 is 0 Å². The predicted octanol–water partition coefficient (Wildman–Crippen LogP) is 3.02. The van der Waals surface area contributed by atoms with E-state index in [1.54, 1.807) is 18.6 Å². The van der Waals surface area contributed by atoms with Gasteiger partial charge in [-0.3, -0.25) is 9.97 Å². The lowest BCUT2D eigenvalue weighted by atomic mass is 10.1. The van der Waals surface area contributed by atoms with Gasteiger partial charge in [0.05, 0.1) is 5.69 Å². The van der Waals surface area contributed by atoms with E-state index in [0.29, 0.717) is 5.92 Å². The van der Waals surface area contributed by atoms with E-state index in [0.717, 1.165) is 5.69 Å². The summed E-state index contributed by atoms with van der Waals surface area (Å²) < 4.78 is 0. The van der Waals surface area contributed by atoms with Crippen LogP contribution in [0.25, 0.3) is 0 Å². The Bertz CT molecular complexity index is 182. The molecule has 0 fully saturated rings. The molecule has 0 atom stereocenters. The summed E-state index contributed by atoms with van der Waals surface area (Å²) in [5.41, 5.74) is 1.05. The fraction of sp³-hybridized carbons (Fsp3) is 0.600. The molecule has 0 aliphatic heterocycles. The lowest BCUT2D eigenvalue weighted by Gasteiger charge is -1.99. The summed E-state index contributed by atoms with van der Waals surface area (Å²) in [6, 6.07) is 0. The minimum atomic E-state index is 0.485. The average molecular weight is 166 g/mol. The zero-order valence-electron chi connectivity index (χ0n) is 8.41. The largest absolute Gasteiger partial charge is 0.261 e. The summed E-state index contributed by atoms with van der Waals surface area (Å²) in [4.78, 5) is 8.06. The number of aromatic nitrogens is 2. The SMILES string of the molecule is CC(C)c1cnccn1.CCC. The Labute approximate surface area is 75.1 Å². The van der Waals surface area contributed by atoms with E-state index in [-0.39, 0.29) is 0 Å². The maximum absolute atomic E-state index is 4.12. The van der Waals surface area contributed by atoms with Crippen molar-refractivity contribution >= 4 is 0 Å². The fourth-order valence-electron chi connectivity index (χ4n) is 0.609. The Morgan fingerprint density at radius 3 is 2.08 bits per heavy atom. The number of nitrogens with zero attached hydrogens (tertiary/aromatic N) is 2. The zero-order valence-corrected chi connectivity index (χ0v) is 8.41. The Morgan fingerprint density at radius 1 is 1.25 bits per heavy atom. The van der Waals surface area contributed by atoms with Gasteiger partial charge in [-0.25, -0.2) is 0 Å². The van der Waals surface area contributed by atoms with Gasteiger partial charge in [-0.15, -0.1) is 0 Å². The van der Waals surface area contributed by atoms with E-state index in [9.17, 15) is 0 Å². The van der Waals surface area contributed by atoms with E-state index in [1.807, 2.05) is 0 Å². The van der Waals surface area contributed by atoms with Crippen molar-refractivity contribution in [2.45, 2.75) is 40.0 Å². The number of hydrogen-bond donors (Lipinski definition) is 0. The highest BCUT2D eigenvalue weighted by atomic mass is 14.8. The van der Waals surface area contributed by atoms with Gasteiger partial charge in [-0.05, 0) is 5.92 Å². The lowest BCUT2D eigenvalue weighted by Crippen LogP contribution is -1.91. The lowest BCUT2D eigenvalue weighted by molar-refractivity contribution is 0.812. The van der Waals surface area contributed by atoms with Gasteiger partial charge >= 0.3 is 0 Å². The molecule has 0 bridgehead atoms. The molecule has 0 saturated heterocycles. The maximum Gasteiger partial charge on any atom is 0.0612 e. The van der Waals surface area contributed by atoms with Gasteiger partial charge < -0.3 is 0 Å². The van der Waals surface area contributed by atoms with Crippen molar-refractivity contribution in [1.29, 1.82) is 0 Å². The van der Waals surface area contributed by atoms with E-state index < -0.39 is 0 Å². The molecule has 12 heavy (non-hydrogen) atoms. The molecule has 0 aliphatic rings. The minimum absolute atomic E-state index is 0.485. The second-order valence-corrected chi connectivity index (χ2v) is 2.99. The van der Waals surface area contributed by atoms with Crippen LogP contribution in [-0.4, -0.2) is 9.97 Å². The third kappa shape index (κ3) is 4.83.